The Morgan fingerprint density at radius 1 is 1.19 bits per heavy atom. The fraction of sp³-hybridized carbons (Fsp3) is 0.312. The third-order valence-corrected chi connectivity index (χ3v) is 3.35. The third kappa shape index (κ3) is 5.81. The van der Waals surface area contributed by atoms with E-state index in [4.69, 9.17) is 16.3 Å². The van der Waals surface area contributed by atoms with Crippen molar-refractivity contribution in [2.45, 2.75) is 19.3 Å². The lowest BCUT2D eigenvalue weighted by Gasteiger charge is -2.13. The number of ether oxygens (including phenoxy) is 1. The molecule has 2 N–H and O–H groups in total. The monoisotopic (exact) mass is 306 g/mol. The number of aromatic nitrogens is 1. The lowest BCUT2D eigenvalue weighted by atomic mass is 10.2. The highest BCUT2D eigenvalue weighted by Gasteiger charge is 2.05. The van der Waals surface area contributed by atoms with Crippen molar-refractivity contribution in [1.29, 1.82) is 0 Å². The topological polar surface area (TPSA) is 54.4 Å². The van der Waals surface area contributed by atoms with Gasteiger partial charge in [-0.3, -0.25) is 4.98 Å². The van der Waals surface area contributed by atoms with Gasteiger partial charge in [-0.05, 0) is 29.3 Å². The summed E-state index contributed by atoms with van der Waals surface area (Å²) in [6.45, 7) is 1.85. The zero-order valence-electron chi connectivity index (χ0n) is 11.7. The summed E-state index contributed by atoms with van der Waals surface area (Å²) in [5.41, 5.74) is 2.06. The van der Waals surface area contributed by atoms with Gasteiger partial charge in [0.25, 0.3) is 0 Å². The first-order valence-electron chi connectivity index (χ1n) is 6.84. The first-order valence-corrected chi connectivity index (χ1v) is 7.22. The van der Waals surface area contributed by atoms with Crippen molar-refractivity contribution in [3.05, 3.63) is 64.9 Å². The van der Waals surface area contributed by atoms with Gasteiger partial charge in [0.1, 0.15) is 0 Å². The molecule has 0 spiro atoms. The van der Waals surface area contributed by atoms with E-state index in [9.17, 15) is 5.11 Å². The lowest BCUT2D eigenvalue weighted by molar-refractivity contribution is 0.0287. The summed E-state index contributed by atoms with van der Waals surface area (Å²) in [5.74, 6) is 0. The summed E-state index contributed by atoms with van der Waals surface area (Å²) in [6, 6.07) is 11.4. The smallest absolute Gasteiger partial charge is 0.0897 e. The average Bonchev–Trinajstić information content (AvgIpc) is 2.50. The van der Waals surface area contributed by atoms with Gasteiger partial charge < -0.3 is 15.2 Å². The molecule has 21 heavy (non-hydrogen) atoms. The normalized spacial score (nSPS) is 12.3. The summed E-state index contributed by atoms with van der Waals surface area (Å²) in [5, 5.41) is 13.7. The van der Waals surface area contributed by atoms with Crippen molar-refractivity contribution in [3.63, 3.8) is 0 Å². The average molecular weight is 307 g/mol. The molecule has 5 heteroatoms. The van der Waals surface area contributed by atoms with Crippen LogP contribution in [0.15, 0.2) is 48.8 Å². The molecule has 1 aromatic carbocycles. The van der Waals surface area contributed by atoms with Gasteiger partial charge >= 0.3 is 0 Å². The zero-order valence-corrected chi connectivity index (χ0v) is 12.5. The molecule has 0 amide bonds. The molecule has 1 heterocycles. The number of pyridine rings is 1. The quantitative estimate of drug-likeness (QED) is 0.786. The molecule has 0 radical (unpaired) electrons. The number of hydrogen-bond donors (Lipinski definition) is 2. The highest BCUT2D eigenvalue weighted by Crippen LogP contribution is 2.15. The standard InChI is InChI=1S/C16H19ClN2O2/c17-16-4-2-1-3-14(16)11-21-12-15(20)10-19-9-13-5-7-18-8-6-13/h1-8,15,19-20H,9-12H2. The summed E-state index contributed by atoms with van der Waals surface area (Å²) >= 11 is 6.03. The van der Waals surface area contributed by atoms with Gasteiger partial charge in [0.05, 0.1) is 19.3 Å². The Morgan fingerprint density at radius 2 is 1.95 bits per heavy atom. The van der Waals surface area contributed by atoms with Crippen molar-refractivity contribution in [1.82, 2.24) is 10.3 Å². The molecule has 2 aromatic rings. The summed E-state index contributed by atoms with van der Waals surface area (Å²) in [4.78, 5) is 3.96. The molecule has 1 unspecified atom stereocenters. The van der Waals surface area contributed by atoms with E-state index in [1.54, 1.807) is 12.4 Å². The molecule has 0 bridgehead atoms. The largest absolute Gasteiger partial charge is 0.389 e. The second-order valence-corrected chi connectivity index (χ2v) is 5.15. The van der Waals surface area contributed by atoms with E-state index >= 15 is 0 Å². The van der Waals surface area contributed by atoms with Crippen LogP contribution in [0.5, 0.6) is 0 Å². The van der Waals surface area contributed by atoms with Crippen LogP contribution in [0.3, 0.4) is 0 Å². The van der Waals surface area contributed by atoms with E-state index in [0.29, 0.717) is 24.7 Å². The maximum absolute atomic E-state index is 9.84. The van der Waals surface area contributed by atoms with Crippen LogP contribution in [0.25, 0.3) is 0 Å². The highest BCUT2D eigenvalue weighted by atomic mass is 35.5. The van der Waals surface area contributed by atoms with Crippen LogP contribution in [0.2, 0.25) is 5.02 Å². The molecule has 0 aliphatic heterocycles. The molecular weight excluding hydrogens is 288 g/mol. The Hall–Kier alpha value is -1.46. The number of rotatable bonds is 8. The van der Waals surface area contributed by atoms with E-state index in [2.05, 4.69) is 10.3 Å². The Morgan fingerprint density at radius 3 is 2.71 bits per heavy atom. The van der Waals surface area contributed by atoms with Gasteiger partial charge in [0.2, 0.25) is 0 Å². The maximum Gasteiger partial charge on any atom is 0.0897 e. The Labute approximate surface area is 129 Å². The van der Waals surface area contributed by atoms with Crippen LogP contribution >= 0.6 is 11.6 Å². The van der Waals surface area contributed by atoms with Crippen molar-refractivity contribution in [3.8, 4) is 0 Å². The van der Waals surface area contributed by atoms with Crippen molar-refractivity contribution in [2.24, 2.45) is 0 Å². The van der Waals surface area contributed by atoms with E-state index in [0.717, 1.165) is 11.1 Å². The number of aliphatic hydroxyl groups excluding tert-OH is 1. The molecule has 0 saturated carbocycles. The molecule has 0 fully saturated rings. The van der Waals surface area contributed by atoms with Gasteiger partial charge in [0.15, 0.2) is 0 Å². The Kier molecular flexibility index (Phi) is 6.63. The minimum atomic E-state index is -0.547. The third-order valence-electron chi connectivity index (χ3n) is 2.98. The molecule has 0 aliphatic carbocycles. The number of benzene rings is 1. The van der Waals surface area contributed by atoms with E-state index < -0.39 is 6.10 Å². The summed E-state index contributed by atoms with van der Waals surface area (Å²) < 4.78 is 5.48. The van der Waals surface area contributed by atoms with Crippen LogP contribution in [-0.2, 0) is 17.9 Å². The van der Waals surface area contributed by atoms with Gasteiger partial charge in [-0.25, -0.2) is 0 Å². The van der Waals surface area contributed by atoms with Crippen molar-refractivity contribution < 1.29 is 9.84 Å². The molecule has 4 nitrogen and oxygen atoms in total. The molecular formula is C16H19ClN2O2. The maximum atomic E-state index is 9.84. The van der Waals surface area contributed by atoms with Crippen molar-refractivity contribution >= 4 is 11.6 Å². The highest BCUT2D eigenvalue weighted by molar-refractivity contribution is 6.31. The predicted molar refractivity (Wildman–Crippen MR) is 83.1 cm³/mol. The zero-order chi connectivity index (χ0) is 14.9. The van der Waals surface area contributed by atoms with Gasteiger partial charge in [0, 0.05) is 30.5 Å². The second kappa shape index (κ2) is 8.74. The SMILES string of the molecule is OC(CNCc1ccncc1)COCc1ccccc1Cl. The van der Waals surface area contributed by atoms with Crippen LogP contribution in [0, 0.1) is 0 Å². The Balaban J connectivity index is 1.62. The Bertz CT molecular complexity index is 537. The number of nitrogens with zero attached hydrogens (tertiary/aromatic N) is 1. The minimum Gasteiger partial charge on any atom is -0.389 e. The van der Waals surface area contributed by atoms with E-state index in [1.807, 2.05) is 36.4 Å². The number of aliphatic hydroxyl groups is 1. The minimum absolute atomic E-state index is 0.272. The summed E-state index contributed by atoms with van der Waals surface area (Å²) in [6.07, 6.45) is 2.95. The molecule has 1 atom stereocenters. The van der Waals surface area contributed by atoms with E-state index in [-0.39, 0.29) is 6.61 Å². The van der Waals surface area contributed by atoms with Gasteiger partial charge in [-0.2, -0.15) is 0 Å². The number of nitrogens with one attached hydrogen (secondary N) is 1. The van der Waals surface area contributed by atoms with Gasteiger partial charge in [-0.15, -0.1) is 0 Å². The molecule has 0 aliphatic rings. The van der Waals surface area contributed by atoms with Crippen molar-refractivity contribution in [2.75, 3.05) is 13.2 Å². The first kappa shape index (κ1) is 15.9. The fourth-order valence-corrected chi connectivity index (χ4v) is 2.05. The number of halogens is 1. The predicted octanol–water partition coefficient (Wildman–Crippen LogP) is 2.40. The summed E-state index contributed by atoms with van der Waals surface area (Å²) in [7, 11) is 0. The second-order valence-electron chi connectivity index (χ2n) is 4.75. The number of hydrogen-bond acceptors (Lipinski definition) is 4. The molecule has 2 rings (SSSR count). The fourth-order valence-electron chi connectivity index (χ4n) is 1.86. The van der Waals surface area contributed by atoms with Crippen LogP contribution in [0.4, 0.5) is 0 Å². The van der Waals surface area contributed by atoms with Gasteiger partial charge in [-0.1, -0.05) is 29.8 Å². The van der Waals surface area contributed by atoms with Crippen LogP contribution in [0.1, 0.15) is 11.1 Å². The van der Waals surface area contributed by atoms with Crippen LogP contribution < -0.4 is 5.32 Å². The molecule has 1 aromatic heterocycles. The first-order chi connectivity index (χ1) is 10.3. The van der Waals surface area contributed by atoms with E-state index in [1.165, 1.54) is 0 Å². The van der Waals surface area contributed by atoms with Crippen LogP contribution in [-0.4, -0.2) is 29.3 Å². The molecule has 0 saturated heterocycles. The molecule has 112 valence electrons. The lowest BCUT2D eigenvalue weighted by Crippen LogP contribution is -2.30.